The van der Waals surface area contributed by atoms with Gasteiger partial charge in [-0.1, -0.05) is 30.5 Å². The number of aryl methyl sites for hydroxylation is 1. The molecule has 5 nitrogen and oxygen atoms in total. The van der Waals surface area contributed by atoms with Crippen LogP contribution in [0.1, 0.15) is 40.7 Å². The van der Waals surface area contributed by atoms with Gasteiger partial charge in [0.25, 0.3) is 5.91 Å². The molecule has 0 saturated carbocycles. The van der Waals surface area contributed by atoms with Crippen LogP contribution in [0.2, 0.25) is 0 Å². The Labute approximate surface area is 177 Å². The lowest BCUT2D eigenvalue weighted by atomic mass is 10.1. The second-order valence-corrected chi connectivity index (χ2v) is 9.34. The molecular formula is C23H25FN2O3S. The summed E-state index contributed by atoms with van der Waals surface area (Å²) in [5, 5.41) is 0. The van der Waals surface area contributed by atoms with Gasteiger partial charge in [-0.15, -0.1) is 6.42 Å². The maximum absolute atomic E-state index is 13.2. The molecule has 1 amide bonds. The van der Waals surface area contributed by atoms with Crippen molar-refractivity contribution in [2.45, 2.75) is 37.6 Å². The lowest BCUT2D eigenvalue weighted by Gasteiger charge is -2.27. The van der Waals surface area contributed by atoms with Crippen LogP contribution in [0.25, 0.3) is 0 Å². The number of amides is 1. The molecule has 1 fully saturated rings. The van der Waals surface area contributed by atoms with Gasteiger partial charge < -0.3 is 4.90 Å². The minimum atomic E-state index is -3.67. The van der Waals surface area contributed by atoms with Crippen LogP contribution in [-0.4, -0.2) is 43.2 Å². The maximum Gasteiger partial charge on any atom is 0.254 e. The van der Waals surface area contributed by atoms with E-state index in [2.05, 4.69) is 5.92 Å². The summed E-state index contributed by atoms with van der Waals surface area (Å²) in [6, 6.07) is 10.5. The molecule has 0 bridgehead atoms. The number of halogens is 1. The van der Waals surface area contributed by atoms with Gasteiger partial charge in [-0.25, -0.2) is 12.8 Å². The van der Waals surface area contributed by atoms with Crippen LogP contribution in [0.5, 0.6) is 0 Å². The molecule has 3 rings (SSSR count). The zero-order chi connectivity index (χ0) is 21.7. The Kier molecular flexibility index (Phi) is 6.91. The Morgan fingerprint density at radius 1 is 1.13 bits per heavy atom. The molecule has 0 atom stereocenters. The number of carbonyl (C=O) groups is 1. The molecule has 2 aromatic carbocycles. The van der Waals surface area contributed by atoms with Gasteiger partial charge in [0.05, 0.1) is 11.4 Å². The van der Waals surface area contributed by atoms with E-state index in [0.29, 0.717) is 18.7 Å². The van der Waals surface area contributed by atoms with Gasteiger partial charge >= 0.3 is 0 Å². The van der Waals surface area contributed by atoms with Crippen LogP contribution in [0.15, 0.2) is 47.4 Å². The molecule has 0 radical (unpaired) electrons. The molecule has 0 spiro atoms. The smallest absolute Gasteiger partial charge is 0.254 e. The molecule has 7 heteroatoms. The van der Waals surface area contributed by atoms with E-state index < -0.39 is 10.0 Å². The number of hydrogen-bond acceptors (Lipinski definition) is 3. The van der Waals surface area contributed by atoms with Crippen molar-refractivity contribution in [2.24, 2.45) is 0 Å². The molecule has 2 aromatic rings. The third-order valence-corrected chi connectivity index (χ3v) is 7.26. The number of rotatable bonds is 6. The molecular weight excluding hydrogens is 403 g/mol. The van der Waals surface area contributed by atoms with Gasteiger partial charge in [-0.05, 0) is 55.2 Å². The van der Waals surface area contributed by atoms with E-state index in [9.17, 15) is 17.6 Å². The first-order valence-electron chi connectivity index (χ1n) is 9.91. The number of terminal acetylenes is 1. The number of piperidine rings is 1. The maximum atomic E-state index is 13.2. The van der Waals surface area contributed by atoms with Crippen LogP contribution >= 0.6 is 0 Å². The average Bonchev–Trinajstić information content (AvgIpc) is 2.75. The van der Waals surface area contributed by atoms with Crippen molar-refractivity contribution in [2.75, 3.05) is 19.6 Å². The van der Waals surface area contributed by atoms with Crippen LogP contribution < -0.4 is 0 Å². The summed E-state index contributed by atoms with van der Waals surface area (Å²) < 4.78 is 40.9. The Morgan fingerprint density at radius 3 is 2.43 bits per heavy atom. The fraction of sp³-hybridized carbons (Fsp3) is 0.348. The van der Waals surface area contributed by atoms with Crippen molar-refractivity contribution in [3.63, 3.8) is 0 Å². The minimum absolute atomic E-state index is 0.0539. The van der Waals surface area contributed by atoms with Crippen LogP contribution in [0, 0.1) is 25.1 Å². The summed E-state index contributed by atoms with van der Waals surface area (Å²) in [7, 11) is -3.67. The first kappa shape index (κ1) is 22.0. The fourth-order valence-corrected chi connectivity index (χ4v) is 5.33. The third-order valence-electron chi connectivity index (χ3n) is 5.22. The number of hydrogen-bond donors (Lipinski definition) is 0. The molecule has 1 heterocycles. The topological polar surface area (TPSA) is 57.7 Å². The molecule has 1 saturated heterocycles. The standard InChI is InChI=1S/C23H25FN2O3S/c1-3-13-25(17-19-8-11-21(24)12-9-19)23(27)20-10-7-18(2)22(16-20)30(28,29)26-14-5-4-6-15-26/h1,7-12,16H,4-6,13-15,17H2,2H3. The largest absolute Gasteiger partial charge is 0.323 e. The van der Waals surface area contributed by atoms with Gasteiger partial charge in [0, 0.05) is 25.2 Å². The first-order valence-corrected chi connectivity index (χ1v) is 11.3. The number of carbonyl (C=O) groups excluding carboxylic acids is 1. The summed E-state index contributed by atoms with van der Waals surface area (Å²) in [6.45, 7) is 2.97. The van der Waals surface area contributed by atoms with Gasteiger partial charge in [0.1, 0.15) is 5.82 Å². The Balaban J connectivity index is 1.89. The second kappa shape index (κ2) is 9.41. The van der Waals surface area contributed by atoms with Gasteiger partial charge in [0.15, 0.2) is 0 Å². The van der Waals surface area contributed by atoms with E-state index in [1.165, 1.54) is 27.4 Å². The third kappa shape index (κ3) is 4.89. The van der Waals surface area contributed by atoms with E-state index in [4.69, 9.17) is 6.42 Å². The normalized spacial score (nSPS) is 14.8. The lowest BCUT2D eigenvalue weighted by molar-refractivity contribution is 0.0765. The van der Waals surface area contributed by atoms with E-state index in [-0.39, 0.29) is 35.3 Å². The van der Waals surface area contributed by atoms with Crippen LogP contribution in [-0.2, 0) is 16.6 Å². The highest BCUT2D eigenvalue weighted by atomic mass is 32.2. The lowest BCUT2D eigenvalue weighted by Crippen LogP contribution is -2.36. The second-order valence-electron chi connectivity index (χ2n) is 7.44. The highest BCUT2D eigenvalue weighted by Crippen LogP contribution is 2.25. The molecule has 0 unspecified atom stereocenters. The molecule has 1 aliphatic heterocycles. The molecule has 158 valence electrons. The number of sulfonamides is 1. The quantitative estimate of drug-likeness (QED) is 0.661. The van der Waals surface area contributed by atoms with Crippen molar-refractivity contribution in [1.29, 1.82) is 0 Å². The minimum Gasteiger partial charge on any atom is -0.323 e. The average molecular weight is 429 g/mol. The highest BCUT2D eigenvalue weighted by Gasteiger charge is 2.28. The zero-order valence-electron chi connectivity index (χ0n) is 17.0. The molecule has 0 aromatic heterocycles. The van der Waals surface area contributed by atoms with E-state index in [0.717, 1.165) is 24.8 Å². The van der Waals surface area contributed by atoms with Crippen molar-refractivity contribution < 1.29 is 17.6 Å². The number of benzene rings is 2. The Bertz CT molecular complexity index is 1050. The van der Waals surface area contributed by atoms with Gasteiger partial charge in [-0.2, -0.15) is 4.31 Å². The zero-order valence-corrected chi connectivity index (χ0v) is 17.8. The van der Waals surface area contributed by atoms with Crippen LogP contribution in [0.4, 0.5) is 4.39 Å². The predicted molar refractivity (Wildman–Crippen MR) is 114 cm³/mol. The number of nitrogens with zero attached hydrogens (tertiary/aromatic N) is 2. The molecule has 1 aliphatic rings. The van der Waals surface area contributed by atoms with E-state index in [1.807, 2.05) is 0 Å². The molecule has 30 heavy (non-hydrogen) atoms. The van der Waals surface area contributed by atoms with Crippen molar-refractivity contribution in [3.05, 3.63) is 65.0 Å². The van der Waals surface area contributed by atoms with E-state index >= 15 is 0 Å². The van der Waals surface area contributed by atoms with Crippen LogP contribution in [0.3, 0.4) is 0 Å². The summed E-state index contributed by atoms with van der Waals surface area (Å²) in [4.78, 5) is 14.7. The monoisotopic (exact) mass is 428 g/mol. The van der Waals surface area contributed by atoms with Gasteiger partial charge in [-0.3, -0.25) is 4.79 Å². The Morgan fingerprint density at radius 2 is 1.80 bits per heavy atom. The Hall–Kier alpha value is -2.69. The molecule has 0 aliphatic carbocycles. The molecule has 0 N–H and O–H groups in total. The van der Waals surface area contributed by atoms with E-state index in [1.54, 1.807) is 31.2 Å². The van der Waals surface area contributed by atoms with Crippen molar-refractivity contribution in [1.82, 2.24) is 9.21 Å². The van der Waals surface area contributed by atoms with Crippen molar-refractivity contribution >= 4 is 15.9 Å². The summed E-state index contributed by atoms with van der Waals surface area (Å²) in [5.74, 6) is 1.73. The highest BCUT2D eigenvalue weighted by molar-refractivity contribution is 7.89. The predicted octanol–water partition coefficient (Wildman–Crippen LogP) is 3.58. The van der Waals surface area contributed by atoms with Gasteiger partial charge in [0.2, 0.25) is 10.0 Å². The SMILES string of the molecule is C#CCN(Cc1ccc(F)cc1)C(=O)c1ccc(C)c(S(=O)(=O)N2CCCCC2)c1. The first-order chi connectivity index (χ1) is 14.3. The fourth-order valence-electron chi connectivity index (χ4n) is 3.56. The summed E-state index contributed by atoms with van der Waals surface area (Å²) >= 11 is 0. The summed E-state index contributed by atoms with van der Waals surface area (Å²) in [5.41, 5.74) is 1.58. The van der Waals surface area contributed by atoms with Crippen molar-refractivity contribution in [3.8, 4) is 12.3 Å². The summed E-state index contributed by atoms with van der Waals surface area (Å²) in [6.07, 6.45) is 8.13.